The molecule has 2 nitrogen and oxygen atoms in total. The van der Waals surface area contributed by atoms with E-state index in [0.29, 0.717) is 12.6 Å². The van der Waals surface area contributed by atoms with Gasteiger partial charge in [-0.3, -0.25) is 0 Å². The first-order valence-electron chi connectivity index (χ1n) is 8.27. The molecule has 1 aromatic rings. The Morgan fingerprint density at radius 1 is 1.24 bits per heavy atom. The molecule has 2 rings (SSSR count). The summed E-state index contributed by atoms with van der Waals surface area (Å²) < 4.78 is 6.47. The van der Waals surface area contributed by atoms with Crippen molar-refractivity contribution >= 4 is 21.6 Å². The van der Waals surface area contributed by atoms with Gasteiger partial charge in [-0.25, -0.2) is 0 Å². The predicted molar refractivity (Wildman–Crippen MR) is 93.7 cm³/mol. The number of hydrogen-bond acceptors (Lipinski definition) is 2. The molecule has 0 bridgehead atoms. The van der Waals surface area contributed by atoms with Crippen molar-refractivity contribution in [3.8, 4) is 0 Å². The average molecular weight is 354 g/mol. The molecule has 1 N–H and O–H groups in total. The van der Waals surface area contributed by atoms with Gasteiger partial charge >= 0.3 is 0 Å². The van der Waals surface area contributed by atoms with Gasteiger partial charge in [-0.15, -0.1) is 0 Å². The van der Waals surface area contributed by atoms with Crippen molar-refractivity contribution in [2.24, 2.45) is 5.92 Å². The summed E-state index contributed by atoms with van der Waals surface area (Å²) in [6.45, 7) is 2.95. The van der Waals surface area contributed by atoms with E-state index in [9.17, 15) is 0 Å². The number of halogens is 1. The summed E-state index contributed by atoms with van der Waals surface area (Å²) in [4.78, 5) is 0. The monoisotopic (exact) mass is 353 g/mol. The number of anilines is 1. The third kappa shape index (κ3) is 5.00. The molecule has 1 aliphatic carbocycles. The Labute approximate surface area is 137 Å². The summed E-state index contributed by atoms with van der Waals surface area (Å²) in [7, 11) is 1.75. The van der Waals surface area contributed by atoms with Crippen LogP contribution in [-0.2, 0) is 11.3 Å². The van der Waals surface area contributed by atoms with Crippen LogP contribution in [0.5, 0.6) is 0 Å². The molecule has 1 aromatic carbocycles. The standard InChI is InChI=1S/C18H28BrNO/c1-3-6-14-7-4-8-15(12-11-14)20-18-10-5-9-17(19)16(18)13-21-2/h5,9-10,14-15,20H,3-4,6-8,11-13H2,1-2H3. The normalized spacial score (nSPS) is 22.8. The first-order valence-corrected chi connectivity index (χ1v) is 9.06. The second kappa shape index (κ2) is 8.79. The van der Waals surface area contributed by atoms with Crippen molar-refractivity contribution in [3.63, 3.8) is 0 Å². The first kappa shape index (κ1) is 16.8. The summed E-state index contributed by atoms with van der Waals surface area (Å²) in [6.07, 6.45) is 9.46. The molecule has 0 heterocycles. The van der Waals surface area contributed by atoms with Gasteiger partial charge in [0.05, 0.1) is 6.61 Å². The van der Waals surface area contributed by atoms with E-state index in [2.05, 4.69) is 46.4 Å². The highest BCUT2D eigenvalue weighted by Gasteiger charge is 2.19. The molecular weight excluding hydrogens is 326 g/mol. The van der Waals surface area contributed by atoms with E-state index in [1.807, 2.05) is 0 Å². The molecule has 0 spiro atoms. The molecule has 0 amide bonds. The SMILES string of the molecule is CCCC1CCCC(Nc2cccc(Br)c2COC)CC1. The zero-order valence-corrected chi connectivity index (χ0v) is 14.9. The summed E-state index contributed by atoms with van der Waals surface area (Å²) in [5.41, 5.74) is 2.46. The number of hydrogen-bond donors (Lipinski definition) is 1. The van der Waals surface area contributed by atoms with Gasteiger partial charge in [-0.1, -0.05) is 54.6 Å². The van der Waals surface area contributed by atoms with E-state index in [-0.39, 0.29) is 0 Å². The van der Waals surface area contributed by atoms with Crippen molar-refractivity contribution in [1.29, 1.82) is 0 Å². The minimum atomic E-state index is 0.608. The highest BCUT2D eigenvalue weighted by molar-refractivity contribution is 9.10. The lowest BCUT2D eigenvalue weighted by molar-refractivity contribution is 0.185. The van der Waals surface area contributed by atoms with E-state index in [1.54, 1.807) is 7.11 Å². The Kier molecular flexibility index (Phi) is 7.05. The van der Waals surface area contributed by atoms with Crippen LogP contribution in [0.25, 0.3) is 0 Å². The lowest BCUT2D eigenvalue weighted by Crippen LogP contribution is -2.19. The van der Waals surface area contributed by atoms with Crippen molar-refractivity contribution in [2.45, 2.75) is 64.5 Å². The minimum Gasteiger partial charge on any atom is -0.382 e. The number of nitrogens with one attached hydrogen (secondary N) is 1. The fraction of sp³-hybridized carbons (Fsp3) is 0.667. The van der Waals surface area contributed by atoms with Gasteiger partial charge in [-0.05, 0) is 37.3 Å². The van der Waals surface area contributed by atoms with Gasteiger partial charge in [0, 0.05) is 28.9 Å². The molecule has 0 aliphatic heterocycles. The van der Waals surface area contributed by atoms with Crippen molar-refractivity contribution in [1.82, 2.24) is 0 Å². The van der Waals surface area contributed by atoms with Crippen LogP contribution >= 0.6 is 15.9 Å². The molecule has 0 aromatic heterocycles. The third-order valence-electron chi connectivity index (χ3n) is 4.55. The van der Waals surface area contributed by atoms with Crippen molar-refractivity contribution in [2.75, 3.05) is 12.4 Å². The molecule has 1 fully saturated rings. The Balaban J connectivity index is 1.99. The smallest absolute Gasteiger partial charge is 0.0744 e. The second-order valence-corrected chi connectivity index (χ2v) is 7.06. The van der Waals surface area contributed by atoms with Crippen LogP contribution in [0.4, 0.5) is 5.69 Å². The van der Waals surface area contributed by atoms with E-state index < -0.39 is 0 Å². The number of methoxy groups -OCH3 is 1. The molecule has 118 valence electrons. The Morgan fingerprint density at radius 3 is 2.86 bits per heavy atom. The van der Waals surface area contributed by atoms with Gasteiger partial charge in [0.2, 0.25) is 0 Å². The topological polar surface area (TPSA) is 21.3 Å². The van der Waals surface area contributed by atoms with Crippen LogP contribution in [0.15, 0.2) is 22.7 Å². The fourth-order valence-electron chi connectivity index (χ4n) is 3.42. The van der Waals surface area contributed by atoms with Gasteiger partial charge < -0.3 is 10.1 Å². The Morgan fingerprint density at radius 2 is 2.10 bits per heavy atom. The fourth-order valence-corrected chi connectivity index (χ4v) is 3.91. The summed E-state index contributed by atoms with van der Waals surface area (Å²) in [6, 6.07) is 6.97. The molecule has 0 saturated heterocycles. The first-order chi connectivity index (χ1) is 10.2. The van der Waals surface area contributed by atoms with Crippen LogP contribution in [-0.4, -0.2) is 13.2 Å². The molecule has 3 heteroatoms. The summed E-state index contributed by atoms with van der Waals surface area (Å²) in [5, 5.41) is 3.77. The van der Waals surface area contributed by atoms with Gasteiger partial charge in [0.1, 0.15) is 0 Å². The van der Waals surface area contributed by atoms with Crippen LogP contribution in [0.3, 0.4) is 0 Å². The largest absolute Gasteiger partial charge is 0.382 e. The Bertz CT molecular complexity index is 435. The third-order valence-corrected chi connectivity index (χ3v) is 5.30. The summed E-state index contributed by atoms with van der Waals surface area (Å²) in [5.74, 6) is 0.947. The van der Waals surface area contributed by atoms with Crippen LogP contribution < -0.4 is 5.32 Å². The minimum absolute atomic E-state index is 0.608. The number of benzene rings is 1. The van der Waals surface area contributed by atoms with E-state index in [0.717, 1.165) is 10.4 Å². The van der Waals surface area contributed by atoms with Crippen LogP contribution in [0, 0.1) is 5.92 Å². The van der Waals surface area contributed by atoms with Gasteiger partial charge in [0.15, 0.2) is 0 Å². The second-order valence-electron chi connectivity index (χ2n) is 6.20. The molecule has 1 aliphatic rings. The van der Waals surface area contributed by atoms with Crippen LogP contribution in [0.1, 0.15) is 57.4 Å². The lowest BCUT2D eigenvalue weighted by Gasteiger charge is -2.21. The van der Waals surface area contributed by atoms with E-state index in [1.165, 1.54) is 56.2 Å². The van der Waals surface area contributed by atoms with Crippen molar-refractivity contribution < 1.29 is 4.74 Å². The maximum Gasteiger partial charge on any atom is 0.0744 e. The maximum absolute atomic E-state index is 5.34. The molecule has 21 heavy (non-hydrogen) atoms. The molecule has 2 atom stereocenters. The highest BCUT2D eigenvalue weighted by atomic mass is 79.9. The predicted octanol–water partition coefficient (Wildman–Crippen LogP) is 5.76. The zero-order valence-electron chi connectivity index (χ0n) is 13.3. The Hall–Kier alpha value is -0.540. The molecule has 1 saturated carbocycles. The lowest BCUT2D eigenvalue weighted by atomic mass is 9.95. The number of rotatable bonds is 6. The van der Waals surface area contributed by atoms with Gasteiger partial charge in [-0.2, -0.15) is 0 Å². The van der Waals surface area contributed by atoms with Gasteiger partial charge in [0.25, 0.3) is 0 Å². The van der Waals surface area contributed by atoms with E-state index in [4.69, 9.17) is 4.74 Å². The number of ether oxygens (including phenoxy) is 1. The van der Waals surface area contributed by atoms with E-state index >= 15 is 0 Å². The zero-order chi connectivity index (χ0) is 15.1. The average Bonchev–Trinajstić information content (AvgIpc) is 2.69. The summed E-state index contributed by atoms with van der Waals surface area (Å²) >= 11 is 3.64. The molecule has 0 radical (unpaired) electrons. The van der Waals surface area contributed by atoms with Crippen molar-refractivity contribution in [3.05, 3.63) is 28.2 Å². The quantitative estimate of drug-likeness (QED) is 0.656. The molecule has 2 unspecified atom stereocenters. The molecular formula is C18H28BrNO. The maximum atomic E-state index is 5.34. The van der Waals surface area contributed by atoms with Crippen LogP contribution in [0.2, 0.25) is 0 Å². The highest BCUT2D eigenvalue weighted by Crippen LogP contribution is 2.31.